The van der Waals surface area contributed by atoms with Crippen LogP contribution in [-0.2, 0) is 0 Å². The third kappa shape index (κ3) is 2.13. The van der Waals surface area contributed by atoms with Crippen molar-refractivity contribution in [3.05, 3.63) is 28.8 Å². The molecule has 3 rings (SSSR count). The number of hydrogen-bond donors (Lipinski definition) is 0. The van der Waals surface area contributed by atoms with Crippen molar-refractivity contribution in [3.63, 3.8) is 0 Å². The minimum atomic E-state index is 0.230. The monoisotopic (exact) mass is 266 g/mol. The molecule has 0 saturated heterocycles. The normalized spacial score (nSPS) is 28.2. The highest BCUT2D eigenvalue weighted by Gasteiger charge is 2.36. The predicted molar refractivity (Wildman–Crippen MR) is 72.0 cm³/mol. The SMILES string of the molecule is O=C1c2cc(Cl)ccc2SC2CCCCCC12. The van der Waals surface area contributed by atoms with E-state index in [9.17, 15) is 4.79 Å². The van der Waals surface area contributed by atoms with Gasteiger partial charge in [0.15, 0.2) is 5.78 Å². The molecule has 0 N–H and O–H groups in total. The number of carbonyl (C=O) groups excluding carboxylic acids is 1. The highest BCUT2D eigenvalue weighted by Crippen LogP contribution is 2.44. The van der Waals surface area contributed by atoms with Gasteiger partial charge in [0.05, 0.1) is 0 Å². The first-order valence-corrected chi connectivity index (χ1v) is 7.52. The first-order chi connectivity index (χ1) is 8.25. The van der Waals surface area contributed by atoms with Gasteiger partial charge in [0.1, 0.15) is 0 Å². The summed E-state index contributed by atoms with van der Waals surface area (Å²) in [7, 11) is 0. The lowest BCUT2D eigenvalue weighted by atomic mass is 9.90. The molecule has 3 heteroatoms. The zero-order valence-electron chi connectivity index (χ0n) is 9.62. The summed E-state index contributed by atoms with van der Waals surface area (Å²) in [6.45, 7) is 0. The quantitative estimate of drug-likeness (QED) is 0.684. The summed E-state index contributed by atoms with van der Waals surface area (Å²) in [4.78, 5) is 13.6. The number of fused-ring (bicyclic) bond motifs is 2. The molecule has 2 aliphatic rings. The van der Waals surface area contributed by atoms with Gasteiger partial charge in [-0.1, -0.05) is 30.9 Å². The molecule has 0 spiro atoms. The lowest BCUT2D eigenvalue weighted by Crippen LogP contribution is -2.29. The number of carbonyl (C=O) groups is 1. The van der Waals surface area contributed by atoms with E-state index >= 15 is 0 Å². The zero-order valence-corrected chi connectivity index (χ0v) is 11.2. The van der Waals surface area contributed by atoms with Crippen LogP contribution in [0.2, 0.25) is 5.02 Å². The van der Waals surface area contributed by atoms with E-state index in [1.54, 1.807) is 0 Å². The second-order valence-electron chi connectivity index (χ2n) is 4.91. The molecule has 1 heterocycles. The Hall–Kier alpha value is -0.470. The van der Waals surface area contributed by atoms with Crippen LogP contribution in [0.25, 0.3) is 0 Å². The summed E-state index contributed by atoms with van der Waals surface area (Å²) < 4.78 is 0. The molecule has 1 fully saturated rings. The molecule has 1 aliphatic heterocycles. The molecule has 2 unspecified atom stereocenters. The van der Waals surface area contributed by atoms with E-state index in [1.807, 2.05) is 30.0 Å². The largest absolute Gasteiger partial charge is 0.294 e. The Balaban J connectivity index is 2.00. The molecular weight excluding hydrogens is 252 g/mol. The molecule has 1 nitrogen and oxygen atoms in total. The second kappa shape index (κ2) is 4.66. The molecule has 0 aromatic heterocycles. The van der Waals surface area contributed by atoms with Gasteiger partial charge in [-0.05, 0) is 31.0 Å². The molecule has 0 bridgehead atoms. The number of benzene rings is 1. The molecule has 0 amide bonds. The van der Waals surface area contributed by atoms with Crippen LogP contribution in [0.4, 0.5) is 0 Å². The lowest BCUT2D eigenvalue weighted by Gasteiger charge is -2.29. The van der Waals surface area contributed by atoms with E-state index in [2.05, 4.69) is 0 Å². The minimum absolute atomic E-state index is 0.230. The molecule has 2 atom stereocenters. The van der Waals surface area contributed by atoms with E-state index in [4.69, 9.17) is 11.6 Å². The van der Waals surface area contributed by atoms with Crippen LogP contribution in [0.15, 0.2) is 23.1 Å². The lowest BCUT2D eigenvalue weighted by molar-refractivity contribution is 0.0905. The molecular formula is C14H15ClOS. The van der Waals surface area contributed by atoms with Crippen LogP contribution in [-0.4, -0.2) is 11.0 Å². The van der Waals surface area contributed by atoms with Gasteiger partial charge in [0.2, 0.25) is 0 Å². The van der Waals surface area contributed by atoms with Gasteiger partial charge < -0.3 is 0 Å². The van der Waals surface area contributed by atoms with Gasteiger partial charge in [-0.15, -0.1) is 11.8 Å². The van der Waals surface area contributed by atoms with E-state index in [-0.39, 0.29) is 5.92 Å². The molecule has 1 aromatic carbocycles. The van der Waals surface area contributed by atoms with Crippen molar-refractivity contribution in [2.24, 2.45) is 5.92 Å². The Labute approximate surface area is 111 Å². The molecule has 90 valence electrons. The average Bonchev–Trinajstić information content (AvgIpc) is 2.56. The number of ketones is 1. The second-order valence-corrected chi connectivity index (χ2v) is 6.62. The first kappa shape index (κ1) is 11.6. The van der Waals surface area contributed by atoms with E-state index in [0.717, 1.165) is 16.9 Å². The fraction of sp³-hybridized carbons (Fsp3) is 0.500. The van der Waals surface area contributed by atoms with Crippen molar-refractivity contribution in [2.45, 2.75) is 42.2 Å². The van der Waals surface area contributed by atoms with Gasteiger partial charge in [-0.25, -0.2) is 0 Å². The average molecular weight is 267 g/mol. The minimum Gasteiger partial charge on any atom is -0.294 e. The summed E-state index contributed by atoms with van der Waals surface area (Å²) in [6.07, 6.45) is 5.98. The fourth-order valence-electron chi connectivity index (χ4n) is 2.87. The number of Topliss-reactive ketones (excluding diaryl/α,β-unsaturated/α-hetero) is 1. The van der Waals surface area contributed by atoms with E-state index in [1.165, 1.54) is 25.7 Å². The van der Waals surface area contributed by atoms with Crippen LogP contribution in [0.3, 0.4) is 0 Å². The predicted octanol–water partition coefficient (Wildman–Crippen LogP) is 4.58. The van der Waals surface area contributed by atoms with Crippen LogP contribution in [0.1, 0.15) is 42.5 Å². The van der Waals surface area contributed by atoms with Crippen molar-refractivity contribution >= 4 is 29.1 Å². The molecule has 1 saturated carbocycles. The van der Waals surface area contributed by atoms with Gasteiger partial charge in [-0.2, -0.15) is 0 Å². The van der Waals surface area contributed by atoms with Crippen molar-refractivity contribution in [1.29, 1.82) is 0 Å². The smallest absolute Gasteiger partial charge is 0.168 e. The number of thioether (sulfide) groups is 1. The number of hydrogen-bond acceptors (Lipinski definition) is 2. The van der Waals surface area contributed by atoms with Gasteiger partial charge in [0, 0.05) is 26.6 Å². The Morgan fingerprint density at radius 1 is 1.18 bits per heavy atom. The summed E-state index contributed by atoms with van der Waals surface area (Å²) in [6, 6.07) is 5.73. The topological polar surface area (TPSA) is 17.1 Å². The Morgan fingerprint density at radius 3 is 2.88 bits per heavy atom. The Morgan fingerprint density at radius 2 is 2.00 bits per heavy atom. The Kier molecular flexibility index (Phi) is 3.18. The maximum absolute atomic E-state index is 12.5. The highest BCUT2D eigenvalue weighted by molar-refractivity contribution is 8.00. The molecule has 17 heavy (non-hydrogen) atoms. The van der Waals surface area contributed by atoms with E-state index < -0.39 is 0 Å². The van der Waals surface area contributed by atoms with Crippen LogP contribution in [0.5, 0.6) is 0 Å². The highest BCUT2D eigenvalue weighted by atomic mass is 35.5. The number of halogens is 1. The van der Waals surface area contributed by atoms with Crippen LogP contribution < -0.4 is 0 Å². The van der Waals surface area contributed by atoms with E-state index in [0.29, 0.717) is 16.1 Å². The molecule has 1 aromatic rings. The van der Waals surface area contributed by atoms with Crippen LogP contribution in [0, 0.1) is 5.92 Å². The van der Waals surface area contributed by atoms with Gasteiger partial charge >= 0.3 is 0 Å². The molecule has 0 radical (unpaired) electrons. The van der Waals surface area contributed by atoms with Gasteiger partial charge in [0.25, 0.3) is 0 Å². The summed E-state index contributed by atoms with van der Waals surface area (Å²) in [5.41, 5.74) is 0.852. The van der Waals surface area contributed by atoms with Crippen LogP contribution >= 0.6 is 23.4 Å². The van der Waals surface area contributed by atoms with Crippen molar-refractivity contribution in [3.8, 4) is 0 Å². The summed E-state index contributed by atoms with van der Waals surface area (Å²) in [5, 5.41) is 1.17. The summed E-state index contributed by atoms with van der Waals surface area (Å²) >= 11 is 7.88. The number of rotatable bonds is 0. The zero-order chi connectivity index (χ0) is 11.8. The maximum atomic E-state index is 12.5. The maximum Gasteiger partial charge on any atom is 0.168 e. The van der Waals surface area contributed by atoms with Gasteiger partial charge in [-0.3, -0.25) is 4.79 Å². The fourth-order valence-corrected chi connectivity index (χ4v) is 4.51. The standard InChI is InChI=1S/C14H15ClOS/c15-9-6-7-13-11(8-9)14(16)10-4-2-1-3-5-12(10)17-13/h6-8,10,12H,1-5H2. The third-order valence-electron chi connectivity index (χ3n) is 3.77. The van der Waals surface area contributed by atoms with Crippen molar-refractivity contribution in [1.82, 2.24) is 0 Å². The Bertz CT molecular complexity index is 458. The molecule has 1 aliphatic carbocycles. The first-order valence-electron chi connectivity index (χ1n) is 6.26. The van der Waals surface area contributed by atoms with Crippen molar-refractivity contribution < 1.29 is 4.79 Å². The van der Waals surface area contributed by atoms with Crippen molar-refractivity contribution in [2.75, 3.05) is 0 Å². The summed E-state index contributed by atoms with van der Waals surface area (Å²) in [5.74, 6) is 0.557. The third-order valence-corrected chi connectivity index (χ3v) is 5.49.